The molecule has 0 aliphatic heterocycles. The molecule has 0 aliphatic carbocycles. The third-order valence-electron chi connectivity index (χ3n) is 2.78. The average molecular weight is 227 g/mol. The molecule has 2 aromatic heterocycles. The summed E-state index contributed by atoms with van der Waals surface area (Å²) >= 11 is 0. The molecule has 3 aromatic rings. The van der Waals surface area contributed by atoms with Gasteiger partial charge < -0.3 is 9.72 Å². The van der Waals surface area contributed by atoms with Crippen LogP contribution in [-0.4, -0.2) is 21.6 Å². The van der Waals surface area contributed by atoms with E-state index in [0.29, 0.717) is 12.5 Å². The SMILES string of the molecule is CCOc1ncnc2c1[nH]c1ccc(C)cc12. The van der Waals surface area contributed by atoms with Gasteiger partial charge in [0, 0.05) is 10.9 Å². The lowest BCUT2D eigenvalue weighted by molar-refractivity contribution is 0.330. The van der Waals surface area contributed by atoms with E-state index in [1.165, 1.54) is 5.56 Å². The van der Waals surface area contributed by atoms with Gasteiger partial charge in [0.25, 0.3) is 0 Å². The van der Waals surface area contributed by atoms with Crippen molar-refractivity contribution in [1.29, 1.82) is 0 Å². The molecule has 86 valence electrons. The molecule has 4 heteroatoms. The monoisotopic (exact) mass is 227 g/mol. The number of ether oxygens (including phenoxy) is 1. The minimum Gasteiger partial charge on any atom is -0.476 e. The van der Waals surface area contributed by atoms with Gasteiger partial charge in [0.05, 0.1) is 6.61 Å². The van der Waals surface area contributed by atoms with Gasteiger partial charge in [-0.3, -0.25) is 0 Å². The molecule has 0 fully saturated rings. The molecular formula is C13H13N3O. The van der Waals surface area contributed by atoms with Gasteiger partial charge in [-0.2, -0.15) is 4.98 Å². The topological polar surface area (TPSA) is 50.8 Å². The predicted octanol–water partition coefficient (Wildman–Crippen LogP) is 2.82. The summed E-state index contributed by atoms with van der Waals surface area (Å²) in [7, 11) is 0. The molecule has 0 atom stereocenters. The van der Waals surface area contributed by atoms with Gasteiger partial charge in [-0.25, -0.2) is 4.98 Å². The van der Waals surface area contributed by atoms with Crippen LogP contribution in [0.25, 0.3) is 21.9 Å². The molecule has 0 aliphatic rings. The first kappa shape index (κ1) is 10.1. The van der Waals surface area contributed by atoms with Crippen LogP contribution in [0.5, 0.6) is 5.88 Å². The van der Waals surface area contributed by atoms with Crippen LogP contribution in [-0.2, 0) is 0 Å². The molecular weight excluding hydrogens is 214 g/mol. The number of H-pyrrole nitrogens is 1. The maximum Gasteiger partial charge on any atom is 0.241 e. The van der Waals surface area contributed by atoms with Gasteiger partial charge in [0.1, 0.15) is 17.4 Å². The Morgan fingerprint density at radius 2 is 2.18 bits per heavy atom. The third-order valence-corrected chi connectivity index (χ3v) is 2.78. The molecule has 4 nitrogen and oxygen atoms in total. The van der Waals surface area contributed by atoms with E-state index in [2.05, 4.69) is 40.1 Å². The highest BCUT2D eigenvalue weighted by Gasteiger charge is 2.10. The molecule has 0 saturated carbocycles. The lowest BCUT2D eigenvalue weighted by Gasteiger charge is -2.01. The Balaban J connectivity index is 2.38. The Kier molecular flexibility index (Phi) is 2.21. The summed E-state index contributed by atoms with van der Waals surface area (Å²) in [6.45, 7) is 4.62. The fourth-order valence-corrected chi connectivity index (χ4v) is 2.03. The zero-order valence-electron chi connectivity index (χ0n) is 9.82. The second-order valence-corrected chi connectivity index (χ2v) is 4.01. The van der Waals surface area contributed by atoms with E-state index in [9.17, 15) is 0 Å². The smallest absolute Gasteiger partial charge is 0.241 e. The third kappa shape index (κ3) is 1.53. The van der Waals surface area contributed by atoms with E-state index in [0.717, 1.165) is 21.9 Å². The van der Waals surface area contributed by atoms with E-state index >= 15 is 0 Å². The second-order valence-electron chi connectivity index (χ2n) is 4.01. The van der Waals surface area contributed by atoms with Crippen LogP contribution in [0, 0.1) is 6.92 Å². The summed E-state index contributed by atoms with van der Waals surface area (Å²) in [5.74, 6) is 0.617. The van der Waals surface area contributed by atoms with Gasteiger partial charge in [-0.15, -0.1) is 0 Å². The maximum absolute atomic E-state index is 5.50. The molecule has 0 unspecified atom stereocenters. The number of hydrogen-bond acceptors (Lipinski definition) is 3. The summed E-state index contributed by atoms with van der Waals surface area (Å²) in [6, 6.07) is 6.25. The highest BCUT2D eigenvalue weighted by molar-refractivity contribution is 6.06. The van der Waals surface area contributed by atoms with Crippen molar-refractivity contribution >= 4 is 21.9 Å². The highest BCUT2D eigenvalue weighted by atomic mass is 16.5. The summed E-state index contributed by atoms with van der Waals surface area (Å²) < 4.78 is 5.50. The molecule has 0 saturated heterocycles. The van der Waals surface area contributed by atoms with Crippen molar-refractivity contribution in [3.63, 3.8) is 0 Å². The number of nitrogens with one attached hydrogen (secondary N) is 1. The predicted molar refractivity (Wildman–Crippen MR) is 67.3 cm³/mol. The Morgan fingerprint density at radius 1 is 1.29 bits per heavy atom. The Labute approximate surface area is 98.7 Å². The molecule has 0 amide bonds. The lowest BCUT2D eigenvalue weighted by atomic mass is 10.2. The van der Waals surface area contributed by atoms with E-state index in [1.807, 2.05) is 6.92 Å². The van der Waals surface area contributed by atoms with Crippen LogP contribution in [0.15, 0.2) is 24.5 Å². The van der Waals surface area contributed by atoms with Gasteiger partial charge in [0.15, 0.2) is 0 Å². The first-order valence-electron chi connectivity index (χ1n) is 5.65. The largest absolute Gasteiger partial charge is 0.476 e. The molecule has 3 rings (SSSR count). The first-order chi connectivity index (χ1) is 8.29. The van der Waals surface area contributed by atoms with Gasteiger partial charge in [0.2, 0.25) is 5.88 Å². The van der Waals surface area contributed by atoms with E-state index in [-0.39, 0.29) is 0 Å². The van der Waals surface area contributed by atoms with Crippen LogP contribution < -0.4 is 4.74 Å². The van der Waals surface area contributed by atoms with Crippen molar-refractivity contribution in [3.8, 4) is 5.88 Å². The average Bonchev–Trinajstić information content (AvgIpc) is 2.69. The standard InChI is InChI=1S/C13H13N3O/c1-3-17-13-12-11(14-7-15-13)9-6-8(2)4-5-10(9)16-12/h4-7,16H,3H2,1-2H3. The fraction of sp³-hybridized carbons (Fsp3) is 0.231. The van der Waals surface area contributed by atoms with Crippen molar-refractivity contribution in [2.75, 3.05) is 6.61 Å². The van der Waals surface area contributed by atoms with Crippen LogP contribution in [0.1, 0.15) is 12.5 Å². The zero-order chi connectivity index (χ0) is 11.8. The summed E-state index contributed by atoms with van der Waals surface area (Å²) in [4.78, 5) is 11.8. The number of aromatic nitrogens is 3. The lowest BCUT2D eigenvalue weighted by Crippen LogP contribution is -1.95. The van der Waals surface area contributed by atoms with E-state index in [4.69, 9.17) is 4.74 Å². The van der Waals surface area contributed by atoms with Crippen molar-refractivity contribution in [2.24, 2.45) is 0 Å². The molecule has 0 radical (unpaired) electrons. The number of hydrogen-bond donors (Lipinski definition) is 1. The van der Waals surface area contributed by atoms with Crippen molar-refractivity contribution in [2.45, 2.75) is 13.8 Å². The molecule has 1 N–H and O–H groups in total. The van der Waals surface area contributed by atoms with E-state index < -0.39 is 0 Å². The van der Waals surface area contributed by atoms with Crippen LogP contribution >= 0.6 is 0 Å². The maximum atomic E-state index is 5.50. The minimum atomic E-state index is 0.598. The molecule has 17 heavy (non-hydrogen) atoms. The van der Waals surface area contributed by atoms with Crippen molar-refractivity contribution in [1.82, 2.24) is 15.0 Å². The molecule has 2 heterocycles. The summed E-state index contributed by atoms with van der Waals surface area (Å²) in [5, 5.41) is 1.11. The van der Waals surface area contributed by atoms with Gasteiger partial charge >= 0.3 is 0 Å². The van der Waals surface area contributed by atoms with Crippen LogP contribution in [0.2, 0.25) is 0 Å². The van der Waals surface area contributed by atoms with E-state index in [1.54, 1.807) is 6.33 Å². The van der Waals surface area contributed by atoms with Crippen LogP contribution in [0.3, 0.4) is 0 Å². The van der Waals surface area contributed by atoms with Crippen molar-refractivity contribution < 1.29 is 4.74 Å². The number of benzene rings is 1. The second kappa shape index (κ2) is 3.73. The summed E-state index contributed by atoms with van der Waals surface area (Å²) in [5.41, 5.74) is 4.07. The Bertz CT molecular complexity index is 688. The highest BCUT2D eigenvalue weighted by Crippen LogP contribution is 2.28. The van der Waals surface area contributed by atoms with Crippen molar-refractivity contribution in [3.05, 3.63) is 30.1 Å². The molecule has 1 aromatic carbocycles. The number of nitrogens with zero attached hydrogens (tertiary/aromatic N) is 2. The first-order valence-corrected chi connectivity index (χ1v) is 5.65. The molecule has 0 bridgehead atoms. The fourth-order valence-electron chi connectivity index (χ4n) is 2.03. The van der Waals surface area contributed by atoms with Crippen LogP contribution in [0.4, 0.5) is 0 Å². The zero-order valence-corrected chi connectivity index (χ0v) is 9.82. The quantitative estimate of drug-likeness (QED) is 0.732. The van der Waals surface area contributed by atoms with Gasteiger partial charge in [-0.1, -0.05) is 11.6 Å². The molecule has 0 spiro atoms. The number of aryl methyl sites for hydroxylation is 1. The number of rotatable bonds is 2. The normalized spacial score (nSPS) is 11.2. The minimum absolute atomic E-state index is 0.598. The number of fused-ring (bicyclic) bond motifs is 3. The Morgan fingerprint density at radius 3 is 3.00 bits per heavy atom. The van der Waals surface area contributed by atoms with Gasteiger partial charge in [-0.05, 0) is 26.0 Å². The number of aromatic amines is 1. The Hall–Kier alpha value is -2.10. The summed E-state index contributed by atoms with van der Waals surface area (Å²) in [6.07, 6.45) is 1.54.